The summed E-state index contributed by atoms with van der Waals surface area (Å²) in [5.41, 5.74) is 2.69. The van der Waals surface area contributed by atoms with Crippen molar-refractivity contribution < 1.29 is 0 Å². The van der Waals surface area contributed by atoms with Gasteiger partial charge in [-0.3, -0.25) is 9.88 Å². The summed E-state index contributed by atoms with van der Waals surface area (Å²) in [5.74, 6) is 0. The third kappa shape index (κ3) is 3.30. The molecule has 0 saturated carbocycles. The van der Waals surface area contributed by atoms with Gasteiger partial charge in [-0.2, -0.15) is 0 Å². The Labute approximate surface area is 111 Å². The minimum absolute atomic E-state index is 0.188. The molecular weight excluding hydrogens is 222 g/mol. The van der Waals surface area contributed by atoms with E-state index in [4.69, 9.17) is 0 Å². The van der Waals surface area contributed by atoms with Crippen molar-refractivity contribution in [3.63, 3.8) is 0 Å². The van der Waals surface area contributed by atoms with Crippen molar-refractivity contribution in [3.05, 3.63) is 29.6 Å². The predicted molar refractivity (Wildman–Crippen MR) is 75.5 cm³/mol. The predicted octanol–water partition coefficient (Wildman–Crippen LogP) is 2.35. The number of nitrogens with one attached hydrogen (secondary N) is 1. The number of pyridine rings is 1. The van der Waals surface area contributed by atoms with Gasteiger partial charge in [0.2, 0.25) is 0 Å². The van der Waals surface area contributed by atoms with E-state index >= 15 is 0 Å². The van der Waals surface area contributed by atoms with Gasteiger partial charge in [0.25, 0.3) is 0 Å². The zero-order valence-corrected chi connectivity index (χ0v) is 12.0. The summed E-state index contributed by atoms with van der Waals surface area (Å²) >= 11 is 0. The van der Waals surface area contributed by atoms with Crippen molar-refractivity contribution in [1.82, 2.24) is 15.2 Å². The van der Waals surface area contributed by atoms with E-state index in [9.17, 15) is 0 Å². The standard InChI is InChI=1S/C15H25N3/c1-12-6-5-8-16-14(12)10-18-11-15(3,4)17-9-7-13(18)2/h5-6,8,13,17H,7,9-11H2,1-4H3. The molecule has 1 unspecified atom stereocenters. The van der Waals surface area contributed by atoms with Gasteiger partial charge in [-0.15, -0.1) is 0 Å². The molecule has 100 valence electrons. The summed E-state index contributed by atoms with van der Waals surface area (Å²) in [7, 11) is 0. The first kappa shape index (κ1) is 13.5. The summed E-state index contributed by atoms with van der Waals surface area (Å²) in [4.78, 5) is 7.07. The molecule has 2 heterocycles. The molecule has 0 aliphatic carbocycles. The van der Waals surface area contributed by atoms with E-state index in [1.807, 2.05) is 12.3 Å². The average Bonchev–Trinajstić information content (AvgIpc) is 2.41. The van der Waals surface area contributed by atoms with Gasteiger partial charge in [0.1, 0.15) is 0 Å². The Bertz CT molecular complexity index is 400. The number of aromatic nitrogens is 1. The van der Waals surface area contributed by atoms with Gasteiger partial charge >= 0.3 is 0 Å². The van der Waals surface area contributed by atoms with Crippen LogP contribution >= 0.6 is 0 Å². The van der Waals surface area contributed by atoms with Gasteiger partial charge < -0.3 is 5.32 Å². The van der Waals surface area contributed by atoms with Crippen molar-refractivity contribution in [2.24, 2.45) is 0 Å². The lowest BCUT2D eigenvalue weighted by molar-refractivity contribution is 0.171. The Morgan fingerprint density at radius 3 is 3.00 bits per heavy atom. The molecule has 1 aromatic heterocycles. The molecule has 1 aliphatic heterocycles. The number of nitrogens with zero attached hydrogens (tertiary/aromatic N) is 2. The van der Waals surface area contributed by atoms with E-state index in [-0.39, 0.29) is 5.54 Å². The van der Waals surface area contributed by atoms with Crippen LogP contribution in [0.5, 0.6) is 0 Å². The Kier molecular flexibility index (Phi) is 4.03. The second-order valence-electron chi connectivity index (χ2n) is 6.12. The monoisotopic (exact) mass is 247 g/mol. The minimum Gasteiger partial charge on any atom is -0.310 e. The SMILES string of the molecule is Cc1cccnc1CN1CC(C)(C)NCCC1C. The molecule has 0 amide bonds. The van der Waals surface area contributed by atoms with Crippen LogP contribution in [0.3, 0.4) is 0 Å². The lowest BCUT2D eigenvalue weighted by atomic mass is 10.0. The zero-order chi connectivity index (χ0) is 13.2. The first-order chi connectivity index (χ1) is 8.48. The topological polar surface area (TPSA) is 28.2 Å². The van der Waals surface area contributed by atoms with Crippen molar-refractivity contribution in [2.75, 3.05) is 13.1 Å². The van der Waals surface area contributed by atoms with Crippen LogP contribution in [0.2, 0.25) is 0 Å². The molecule has 2 rings (SSSR count). The molecule has 3 heteroatoms. The molecule has 1 fully saturated rings. The van der Waals surface area contributed by atoms with Gasteiger partial charge in [-0.05, 0) is 52.3 Å². The average molecular weight is 247 g/mol. The largest absolute Gasteiger partial charge is 0.310 e. The molecule has 3 nitrogen and oxygen atoms in total. The highest BCUT2D eigenvalue weighted by atomic mass is 15.2. The molecule has 0 aromatic carbocycles. The van der Waals surface area contributed by atoms with Crippen molar-refractivity contribution in [3.8, 4) is 0 Å². The third-order valence-electron chi connectivity index (χ3n) is 3.86. The highest BCUT2D eigenvalue weighted by molar-refractivity contribution is 5.17. The first-order valence-corrected chi connectivity index (χ1v) is 6.87. The summed E-state index contributed by atoms with van der Waals surface area (Å²) in [6.07, 6.45) is 3.10. The van der Waals surface area contributed by atoms with Gasteiger partial charge in [-0.1, -0.05) is 6.07 Å². The van der Waals surface area contributed by atoms with Crippen LogP contribution in [0, 0.1) is 6.92 Å². The summed E-state index contributed by atoms with van der Waals surface area (Å²) < 4.78 is 0. The number of aryl methyl sites for hydroxylation is 1. The van der Waals surface area contributed by atoms with E-state index < -0.39 is 0 Å². The van der Waals surface area contributed by atoms with Crippen LogP contribution in [0.25, 0.3) is 0 Å². The fourth-order valence-corrected chi connectivity index (χ4v) is 2.61. The smallest absolute Gasteiger partial charge is 0.0573 e. The van der Waals surface area contributed by atoms with E-state index in [1.54, 1.807) is 0 Å². The maximum absolute atomic E-state index is 4.52. The lowest BCUT2D eigenvalue weighted by Gasteiger charge is -2.32. The highest BCUT2D eigenvalue weighted by Gasteiger charge is 2.28. The van der Waals surface area contributed by atoms with E-state index in [0.29, 0.717) is 6.04 Å². The number of hydrogen-bond acceptors (Lipinski definition) is 3. The van der Waals surface area contributed by atoms with Crippen molar-refractivity contribution >= 4 is 0 Å². The minimum atomic E-state index is 0.188. The normalized spacial score (nSPS) is 24.8. The molecule has 1 N–H and O–H groups in total. The second-order valence-corrected chi connectivity index (χ2v) is 6.12. The molecule has 0 bridgehead atoms. The third-order valence-corrected chi connectivity index (χ3v) is 3.86. The van der Waals surface area contributed by atoms with Gasteiger partial charge in [0.15, 0.2) is 0 Å². The van der Waals surface area contributed by atoms with E-state index in [0.717, 1.165) is 19.6 Å². The fourth-order valence-electron chi connectivity index (χ4n) is 2.61. The highest BCUT2D eigenvalue weighted by Crippen LogP contribution is 2.18. The molecule has 0 spiro atoms. The lowest BCUT2D eigenvalue weighted by Crippen LogP contribution is -2.47. The molecule has 1 aromatic rings. The van der Waals surface area contributed by atoms with Gasteiger partial charge in [0, 0.05) is 30.9 Å². The Hall–Kier alpha value is -0.930. The zero-order valence-electron chi connectivity index (χ0n) is 12.0. The Balaban J connectivity index is 2.13. The molecule has 1 atom stereocenters. The van der Waals surface area contributed by atoms with Crippen LogP contribution in [-0.4, -0.2) is 34.6 Å². The fraction of sp³-hybridized carbons (Fsp3) is 0.667. The van der Waals surface area contributed by atoms with Gasteiger partial charge in [-0.25, -0.2) is 0 Å². The maximum atomic E-state index is 4.52. The molecule has 18 heavy (non-hydrogen) atoms. The van der Waals surface area contributed by atoms with Crippen LogP contribution in [0.1, 0.15) is 38.4 Å². The molecule has 0 radical (unpaired) electrons. The second kappa shape index (κ2) is 5.37. The summed E-state index contributed by atoms with van der Waals surface area (Å²) in [6.45, 7) is 12.2. The van der Waals surface area contributed by atoms with Crippen LogP contribution in [-0.2, 0) is 6.54 Å². The van der Waals surface area contributed by atoms with Crippen molar-refractivity contribution in [1.29, 1.82) is 0 Å². The molecule has 1 aliphatic rings. The van der Waals surface area contributed by atoms with Crippen LogP contribution in [0.4, 0.5) is 0 Å². The van der Waals surface area contributed by atoms with E-state index in [1.165, 1.54) is 17.7 Å². The van der Waals surface area contributed by atoms with Crippen LogP contribution in [0.15, 0.2) is 18.3 Å². The van der Waals surface area contributed by atoms with Gasteiger partial charge in [0.05, 0.1) is 5.69 Å². The Morgan fingerprint density at radius 2 is 2.28 bits per heavy atom. The van der Waals surface area contributed by atoms with Crippen LogP contribution < -0.4 is 5.32 Å². The summed E-state index contributed by atoms with van der Waals surface area (Å²) in [5, 5.41) is 3.62. The number of hydrogen-bond donors (Lipinski definition) is 1. The first-order valence-electron chi connectivity index (χ1n) is 6.87. The summed E-state index contributed by atoms with van der Waals surface area (Å²) in [6, 6.07) is 4.77. The van der Waals surface area contributed by atoms with Crippen molar-refractivity contribution in [2.45, 2.75) is 52.2 Å². The maximum Gasteiger partial charge on any atom is 0.0573 e. The molecular formula is C15H25N3. The number of rotatable bonds is 2. The molecule has 1 saturated heterocycles. The quantitative estimate of drug-likeness (QED) is 0.869. The Morgan fingerprint density at radius 1 is 1.50 bits per heavy atom. The van der Waals surface area contributed by atoms with E-state index in [2.05, 4.69) is 49.0 Å².